The molecule has 0 spiro atoms. The maximum Gasteiger partial charge on any atom is 0.480 e. The first-order valence-corrected chi connectivity index (χ1v) is 9.28. The van der Waals surface area contributed by atoms with E-state index >= 15 is 0 Å². The van der Waals surface area contributed by atoms with Gasteiger partial charge in [0, 0.05) is 12.4 Å². The van der Waals surface area contributed by atoms with Gasteiger partial charge in [0.1, 0.15) is 12.4 Å². The summed E-state index contributed by atoms with van der Waals surface area (Å²) in [7, 11) is -11.4. The Balaban J connectivity index is 0.000000274. The van der Waals surface area contributed by atoms with Crippen LogP contribution in [0.15, 0.2) is 37.2 Å². The minimum absolute atomic E-state index is 0.772. The van der Waals surface area contributed by atoms with Crippen LogP contribution in [0, 0.1) is 0 Å². The van der Waals surface area contributed by atoms with Gasteiger partial charge >= 0.3 is 11.0 Å². The van der Waals surface area contributed by atoms with Gasteiger partial charge in [-0.1, -0.05) is 0 Å². The first-order valence-electron chi connectivity index (χ1n) is 6.40. The molecule has 0 aliphatic rings. The maximum absolute atomic E-state index is 11.4. The molecular formula is C10H11F6N5O4S2. The van der Waals surface area contributed by atoms with Crippen molar-refractivity contribution in [3.05, 3.63) is 41.3 Å². The summed E-state index contributed by atoms with van der Waals surface area (Å²) in [6.45, 7) is 0.772. The maximum atomic E-state index is 11.4. The zero-order valence-electron chi connectivity index (χ0n) is 13.1. The van der Waals surface area contributed by atoms with E-state index in [2.05, 4.69) is 9.67 Å². The molecule has 0 unspecified atom stereocenters. The smallest absolute Gasteiger partial charge is 0.421 e. The number of sulfonamides is 2. The van der Waals surface area contributed by atoms with Crippen molar-refractivity contribution in [2.24, 2.45) is 7.05 Å². The van der Waals surface area contributed by atoms with Crippen molar-refractivity contribution in [1.29, 1.82) is 0 Å². The van der Waals surface area contributed by atoms with Crippen LogP contribution in [0.2, 0.25) is 0 Å². The zero-order chi connectivity index (χ0) is 21.1. The molecule has 0 saturated carbocycles. The van der Waals surface area contributed by atoms with Crippen LogP contribution in [0.25, 0.3) is 4.13 Å². The number of aryl methyl sites for hydroxylation is 1. The van der Waals surface area contributed by atoms with Crippen LogP contribution in [-0.2, 0) is 33.8 Å². The lowest BCUT2D eigenvalue weighted by Gasteiger charge is -2.22. The Hall–Kier alpha value is -2.14. The number of hydrogen-bond donors (Lipinski definition) is 0. The number of imidazole rings is 1. The third-order valence-electron chi connectivity index (χ3n) is 2.47. The lowest BCUT2D eigenvalue weighted by atomic mass is 10.7. The molecule has 9 nitrogen and oxygen atoms in total. The molecule has 0 atom stereocenters. The van der Waals surface area contributed by atoms with Crippen molar-refractivity contribution in [3.63, 3.8) is 0 Å². The molecule has 154 valence electrons. The highest BCUT2D eigenvalue weighted by atomic mass is 32.3. The Kier molecular flexibility index (Phi) is 6.66. The average Bonchev–Trinajstić information content (AvgIpc) is 3.08. The van der Waals surface area contributed by atoms with Crippen LogP contribution in [0.3, 0.4) is 0 Å². The van der Waals surface area contributed by atoms with Crippen molar-refractivity contribution in [2.45, 2.75) is 17.7 Å². The summed E-state index contributed by atoms with van der Waals surface area (Å²) < 4.78 is 115. The molecule has 0 N–H and O–H groups in total. The summed E-state index contributed by atoms with van der Waals surface area (Å²) in [5, 5.41) is 4.11. The highest BCUT2D eigenvalue weighted by molar-refractivity contribution is 8.13. The van der Waals surface area contributed by atoms with Crippen molar-refractivity contribution in [3.8, 4) is 0 Å². The largest absolute Gasteiger partial charge is 0.480 e. The van der Waals surface area contributed by atoms with Crippen molar-refractivity contribution < 1.29 is 47.7 Å². The topological polar surface area (TPSA) is 109 Å². The van der Waals surface area contributed by atoms with Gasteiger partial charge < -0.3 is 4.13 Å². The lowest BCUT2D eigenvalue weighted by Crippen LogP contribution is -2.30. The molecule has 0 amide bonds. The SMILES string of the molecule is C[n+]1ccn(Cn2cccn2)c1.O=S(=O)([N-]S(=O)(=O)C(F)(F)F)C(F)(F)F. The van der Waals surface area contributed by atoms with E-state index in [1.807, 2.05) is 47.3 Å². The van der Waals surface area contributed by atoms with Gasteiger partial charge in [-0.05, 0) is 6.07 Å². The molecular weight excluding hydrogens is 432 g/mol. The predicted octanol–water partition coefficient (Wildman–Crippen LogP) is 1.07. The molecule has 0 aromatic carbocycles. The van der Waals surface area contributed by atoms with E-state index in [1.54, 1.807) is 6.20 Å². The molecule has 0 bridgehead atoms. The Morgan fingerprint density at radius 2 is 1.52 bits per heavy atom. The Labute approximate surface area is 148 Å². The van der Waals surface area contributed by atoms with E-state index in [9.17, 15) is 43.2 Å². The lowest BCUT2D eigenvalue weighted by molar-refractivity contribution is -0.671. The molecule has 2 rings (SSSR count). The summed E-state index contributed by atoms with van der Waals surface area (Å²) in [4.78, 5) is 0. The van der Waals surface area contributed by atoms with E-state index in [0.29, 0.717) is 0 Å². The molecule has 2 heterocycles. The van der Waals surface area contributed by atoms with Gasteiger partial charge in [0.2, 0.25) is 6.33 Å². The van der Waals surface area contributed by atoms with Gasteiger partial charge in [0.15, 0.2) is 26.7 Å². The van der Waals surface area contributed by atoms with Crippen LogP contribution < -0.4 is 4.57 Å². The van der Waals surface area contributed by atoms with Crippen LogP contribution in [0.4, 0.5) is 26.3 Å². The molecule has 0 radical (unpaired) electrons. The zero-order valence-corrected chi connectivity index (χ0v) is 14.8. The molecule has 27 heavy (non-hydrogen) atoms. The molecule has 0 saturated heterocycles. The second-order valence-electron chi connectivity index (χ2n) is 4.70. The van der Waals surface area contributed by atoms with E-state index < -0.39 is 31.1 Å². The highest BCUT2D eigenvalue weighted by Crippen LogP contribution is 2.36. The fourth-order valence-electron chi connectivity index (χ4n) is 1.35. The van der Waals surface area contributed by atoms with Crippen LogP contribution in [0.1, 0.15) is 0 Å². The van der Waals surface area contributed by atoms with Crippen molar-refractivity contribution in [1.82, 2.24) is 14.3 Å². The number of aromatic nitrogens is 4. The summed E-state index contributed by atoms with van der Waals surface area (Å²) in [5.74, 6) is 0. The van der Waals surface area contributed by atoms with Gasteiger partial charge in [0.25, 0.3) is 0 Å². The second kappa shape index (κ2) is 7.85. The van der Waals surface area contributed by atoms with Crippen LogP contribution >= 0.6 is 0 Å². The fourth-order valence-corrected chi connectivity index (χ4v) is 3.06. The van der Waals surface area contributed by atoms with E-state index in [1.165, 1.54) is 0 Å². The number of alkyl halides is 6. The van der Waals surface area contributed by atoms with Crippen molar-refractivity contribution in [2.75, 3.05) is 0 Å². The second-order valence-corrected chi connectivity index (χ2v) is 8.12. The molecule has 0 fully saturated rings. The summed E-state index contributed by atoms with van der Waals surface area (Å²) in [6, 6.07) is 1.92. The normalized spacial score (nSPS) is 13.1. The predicted molar refractivity (Wildman–Crippen MR) is 76.5 cm³/mol. The van der Waals surface area contributed by atoms with Crippen molar-refractivity contribution >= 4 is 20.0 Å². The third-order valence-corrected chi connectivity index (χ3v) is 5.21. The Morgan fingerprint density at radius 3 is 1.85 bits per heavy atom. The summed E-state index contributed by atoms with van der Waals surface area (Å²) in [5.41, 5.74) is -12.4. The van der Waals surface area contributed by atoms with Gasteiger partial charge in [-0.2, -0.15) is 31.4 Å². The minimum Gasteiger partial charge on any atom is -0.421 e. The Morgan fingerprint density at radius 1 is 1.00 bits per heavy atom. The van der Waals surface area contributed by atoms with Crippen LogP contribution in [-0.4, -0.2) is 42.2 Å². The quantitative estimate of drug-likeness (QED) is 0.519. The number of nitrogens with zero attached hydrogens (tertiary/aromatic N) is 5. The van der Waals surface area contributed by atoms with E-state index in [4.69, 9.17) is 0 Å². The highest BCUT2D eigenvalue weighted by Gasteiger charge is 2.46. The third kappa shape index (κ3) is 6.51. The summed E-state index contributed by atoms with van der Waals surface area (Å²) in [6.07, 6.45) is 9.76. The minimum atomic E-state index is -6.72. The molecule has 2 aromatic heterocycles. The Bertz CT molecular complexity index is 905. The van der Waals surface area contributed by atoms with Crippen LogP contribution in [0.5, 0.6) is 0 Å². The number of halogens is 6. The van der Waals surface area contributed by atoms with Gasteiger partial charge in [0.05, 0.1) is 7.05 Å². The average molecular weight is 443 g/mol. The molecule has 2 aromatic rings. The van der Waals surface area contributed by atoms with Gasteiger partial charge in [-0.25, -0.2) is 30.7 Å². The van der Waals surface area contributed by atoms with E-state index in [-0.39, 0.29) is 0 Å². The number of hydrogen-bond acceptors (Lipinski definition) is 5. The fraction of sp³-hybridized carbons (Fsp3) is 0.400. The van der Waals surface area contributed by atoms with Gasteiger partial charge in [-0.15, -0.1) is 0 Å². The number of rotatable bonds is 4. The first-order chi connectivity index (χ1) is 12.1. The standard InChI is InChI=1S/C8H11N4.C2F6NO4S2/c1-10-5-6-11(7-10)8-12-4-2-3-9-12;3-1(4,5)14(10,11)9-15(12,13)2(6,7)8/h2-7H,8H2,1H3;/q+1;-1. The first kappa shape index (κ1) is 22.9. The molecule has 17 heteroatoms. The van der Waals surface area contributed by atoms with E-state index in [0.717, 1.165) is 10.8 Å². The molecule has 0 aliphatic carbocycles. The van der Waals surface area contributed by atoms with Gasteiger partial charge in [-0.3, -0.25) is 0 Å². The molecule has 0 aliphatic heterocycles. The summed E-state index contributed by atoms with van der Waals surface area (Å²) >= 11 is 0. The monoisotopic (exact) mass is 443 g/mol.